The zero-order chi connectivity index (χ0) is 20.5. The second kappa shape index (κ2) is 7.43. The number of H-pyrrole nitrogens is 1. The molecule has 29 heavy (non-hydrogen) atoms. The van der Waals surface area contributed by atoms with Gasteiger partial charge in [-0.2, -0.15) is 0 Å². The van der Waals surface area contributed by atoms with Gasteiger partial charge in [-0.25, -0.2) is 14.2 Å². The lowest BCUT2D eigenvalue weighted by Gasteiger charge is -2.14. The van der Waals surface area contributed by atoms with Crippen LogP contribution in [-0.4, -0.2) is 27.5 Å². The Kier molecular flexibility index (Phi) is 4.80. The molecule has 2 aromatic carbocycles. The Hall–Kier alpha value is -3.61. The molecule has 0 saturated carbocycles. The topological polar surface area (TPSA) is 84.9 Å². The van der Waals surface area contributed by atoms with Crippen LogP contribution in [-0.2, 0) is 11.2 Å². The number of benzene rings is 2. The molecule has 0 amide bonds. The average Bonchev–Trinajstić information content (AvgIpc) is 2.68. The highest BCUT2D eigenvalue weighted by atomic mass is 19.1. The fraction of sp³-hybridized carbons (Fsp3) is 0.182. The third-order valence-corrected chi connectivity index (χ3v) is 4.77. The SMILES string of the molecule is CCOC(=O)c1c(Cc2nc3cccc(F)c3c(=O)[nH]2)nc2ccccc2c1C. The van der Waals surface area contributed by atoms with Crippen molar-refractivity contribution in [2.45, 2.75) is 20.3 Å². The van der Waals surface area contributed by atoms with Crippen LogP contribution < -0.4 is 5.56 Å². The number of carbonyl (C=O) groups is 1. The number of nitrogens with zero attached hydrogens (tertiary/aromatic N) is 2. The van der Waals surface area contributed by atoms with Crippen LogP contribution >= 0.6 is 0 Å². The summed E-state index contributed by atoms with van der Waals surface area (Å²) in [6, 6.07) is 11.8. The van der Waals surface area contributed by atoms with Crippen molar-refractivity contribution in [2.24, 2.45) is 0 Å². The first-order chi connectivity index (χ1) is 14.0. The van der Waals surface area contributed by atoms with Crippen molar-refractivity contribution in [3.63, 3.8) is 0 Å². The number of para-hydroxylation sites is 1. The van der Waals surface area contributed by atoms with E-state index in [1.165, 1.54) is 12.1 Å². The molecule has 6 nitrogen and oxygen atoms in total. The summed E-state index contributed by atoms with van der Waals surface area (Å²) >= 11 is 0. The van der Waals surface area contributed by atoms with Crippen LogP contribution in [0.1, 0.15) is 34.4 Å². The Bertz CT molecular complexity index is 1310. The first kappa shape index (κ1) is 18.7. The lowest BCUT2D eigenvalue weighted by molar-refractivity contribution is 0.0524. The number of carbonyl (C=O) groups excluding carboxylic acids is 1. The van der Waals surface area contributed by atoms with Gasteiger partial charge in [-0.05, 0) is 37.6 Å². The number of rotatable bonds is 4. The molecule has 0 unspecified atom stereocenters. The molecule has 2 heterocycles. The van der Waals surface area contributed by atoms with Gasteiger partial charge in [0.1, 0.15) is 17.0 Å². The third-order valence-electron chi connectivity index (χ3n) is 4.77. The van der Waals surface area contributed by atoms with E-state index in [2.05, 4.69) is 15.0 Å². The summed E-state index contributed by atoms with van der Waals surface area (Å²) in [5, 5.41) is 0.755. The van der Waals surface area contributed by atoms with E-state index in [0.29, 0.717) is 17.1 Å². The Morgan fingerprint density at radius 1 is 1.10 bits per heavy atom. The molecule has 2 aromatic heterocycles. The average molecular weight is 391 g/mol. The number of halogens is 1. The first-order valence-electron chi connectivity index (χ1n) is 9.22. The number of nitrogens with one attached hydrogen (secondary N) is 1. The van der Waals surface area contributed by atoms with Gasteiger partial charge in [0, 0.05) is 11.8 Å². The van der Waals surface area contributed by atoms with Gasteiger partial charge in [0.25, 0.3) is 5.56 Å². The first-order valence-corrected chi connectivity index (χ1v) is 9.22. The summed E-state index contributed by atoms with van der Waals surface area (Å²) in [6.07, 6.45) is 0.0987. The molecule has 1 N–H and O–H groups in total. The van der Waals surface area contributed by atoms with Crippen molar-refractivity contribution in [1.82, 2.24) is 15.0 Å². The summed E-state index contributed by atoms with van der Waals surface area (Å²) in [5.41, 5.74) is 1.95. The van der Waals surface area contributed by atoms with Gasteiger partial charge >= 0.3 is 5.97 Å². The third kappa shape index (κ3) is 3.35. The van der Waals surface area contributed by atoms with Crippen LogP contribution in [0.2, 0.25) is 0 Å². The minimum absolute atomic E-state index is 0.0930. The van der Waals surface area contributed by atoms with Gasteiger partial charge in [0.05, 0.1) is 28.9 Å². The predicted octanol–water partition coefficient (Wildman–Crippen LogP) is 3.69. The Morgan fingerprint density at radius 3 is 2.66 bits per heavy atom. The molecule has 4 aromatic rings. The van der Waals surface area contributed by atoms with Crippen molar-refractivity contribution in [2.75, 3.05) is 6.61 Å². The summed E-state index contributed by atoms with van der Waals surface area (Å²) in [7, 11) is 0. The van der Waals surface area contributed by atoms with E-state index in [9.17, 15) is 14.0 Å². The van der Waals surface area contributed by atoms with E-state index in [4.69, 9.17) is 4.74 Å². The quantitative estimate of drug-likeness (QED) is 0.537. The van der Waals surface area contributed by atoms with Crippen molar-refractivity contribution in [1.29, 1.82) is 0 Å². The number of fused-ring (bicyclic) bond motifs is 2. The Balaban J connectivity index is 1.89. The van der Waals surface area contributed by atoms with Gasteiger partial charge in [0.2, 0.25) is 0 Å². The van der Waals surface area contributed by atoms with Crippen LogP contribution in [0.15, 0.2) is 47.3 Å². The largest absolute Gasteiger partial charge is 0.462 e. The lowest BCUT2D eigenvalue weighted by atomic mass is 10.00. The predicted molar refractivity (Wildman–Crippen MR) is 108 cm³/mol. The number of hydrogen-bond acceptors (Lipinski definition) is 5. The molecule has 0 aliphatic heterocycles. The highest BCUT2D eigenvalue weighted by Gasteiger charge is 2.21. The molecule has 0 radical (unpaired) electrons. The van der Waals surface area contributed by atoms with Gasteiger partial charge in [-0.15, -0.1) is 0 Å². The summed E-state index contributed by atoms with van der Waals surface area (Å²) in [5.74, 6) is -0.817. The molecule has 146 valence electrons. The van der Waals surface area contributed by atoms with Gasteiger partial charge in [-0.1, -0.05) is 24.3 Å². The summed E-state index contributed by atoms with van der Waals surface area (Å²) < 4.78 is 19.2. The second-order valence-electron chi connectivity index (χ2n) is 6.62. The molecule has 0 spiro atoms. The smallest absolute Gasteiger partial charge is 0.340 e. The van der Waals surface area contributed by atoms with E-state index in [0.717, 1.165) is 16.5 Å². The van der Waals surface area contributed by atoms with Crippen LogP contribution in [0.5, 0.6) is 0 Å². The number of ether oxygens (including phenoxy) is 1. The van der Waals surface area contributed by atoms with E-state index in [1.807, 2.05) is 31.2 Å². The number of hydrogen-bond donors (Lipinski definition) is 1. The van der Waals surface area contributed by atoms with Crippen molar-refractivity contribution >= 4 is 27.8 Å². The number of aromatic nitrogens is 3. The maximum Gasteiger partial charge on any atom is 0.340 e. The highest BCUT2D eigenvalue weighted by molar-refractivity contribution is 5.98. The van der Waals surface area contributed by atoms with Gasteiger partial charge in [-0.3, -0.25) is 9.78 Å². The molecule has 0 fully saturated rings. The maximum absolute atomic E-state index is 14.0. The van der Waals surface area contributed by atoms with E-state index >= 15 is 0 Å². The van der Waals surface area contributed by atoms with Crippen LogP contribution in [0.4, 0.5) is 4.39 Å². The van der Waals surface area contributed by atoms with E-state index in [1.54, 1.807) is 13.0 Å². The van der Waals surface area contributed by atoms with Crippen molar-refractivity contribution in [3.05, 3.63) is 81.3 Å². The van der Waals surface area contributed by atoms with Crippen LogP contribution in [0.25, 0.3) is 21.8 Å². The Labute approximate surface area is 165 Å². The number of aromatic amines is 1. The molecule has 0 atom stereocenters. The molecular weight excluding hydrogens is 373 g/mol. The minimum Gasteiger partial charge on any atom is -0.462 e. The number of pyridine rings is 1. The van der Waals surface area contributed by atoms with Crippen molar-refractivity contribution < 1.29 is 13.9 Å². The van der Waals surface area contributed by atoms with E-state index < -0.39 is 17.3 Å². The molecule has 4 rings (SSSR count). The number of esters is 1. The lowest BCUT2D eigenvalue weighted by Crippen LogP contribution is -2.17. The summed E-state index contributed by atoms with van der Waals surface area (Å²) in [4.78, 5) is 36.6. The molecule has 7 heteroatoms. The normalized spacial score (nSPS) is 11.1. The van der Waals surface area contributed by atoms with Gasteiger partial charge in [0.15, 0.2) is 0 Å². The zero-order valence-corrected chi connectivity index (χ0v) is 16.0. The maximum atomic E-state index is 14.0. The van der Waals surface area contributed by atoms with Crippen LogP contribution in [0, 0.1) is 12.7 Å². The fourth-order valence-electron chi connectivity index (χ4n) is 3.48. The standard InChI is InChI=1S/C22H18FN3O3/c1-3-29-22(28)19-12(2)13-7-4-5-9-15(13)24-17(19)11-18-25-16-10-6-8-14(23)20(16)21(27)26-18/h4-10H,3,11H2,1-2H3,(H,25,26,27). The fourth-order valence-corrected chi connectivity index (χ4v) is 3.48. The highest BCUT2D eigenvalue weighted by Crippen LogP contribution is 2.25. The second-order valence-corrected chi connectivity index (χ2v) is 6.62. The molecule has 0 saturated heterocycles. The van der Waals surface area contributed by atoms with Crippen molar-refractivity contribution in [3.8, 4) is 0 Å². The molecular formula is C22H18FN3O3. The molecule has 0 aliphatic carbocycles. The zero-order valence-electron chi connectivity index (χ0n) is 16.0. The molecule has 0 aliphatic rings. The van der Waals surface area contributed by atoms with E-state index in [-0.39, 0.29) is 23.9 Å². The summed E-state index contributed by atoms with van der Waals surface area (Å²) in [6.45, 7) is 3.80. The van der Waals surface area contributed by atoms with Gasteiger partial charge < -0.3 is 9.72 Å². The van der Waals surface area contributed by atoms with Crippen LogP contribution in [0.3, 0.4) is 0 Å². The Morgan fingerprint density at radius 2 is 1.86 bits per heavy atom. The minimum atomic E-state index is -0.630. The molecule has 0 bridgehead atoms. The monoisotopic (exact) mass is 391 g/mol. The number of aryl methyl sites for hydroxylation is 1.